The Labute approximate surface area is 156 Å². The van der Waals surface area contributed by atoms with Crippen molar-refractivity contribution in [1.29, 1.82) is 5.41 Å². The van der Waals surface area contributed by atoms with Crippen molar-refractivity contribution < 1.29 is 4.74 Å². The molecule has 1 heterocycles. The van der Waals surface area contributed by atoms with E-state index in [0.29, 0.717) is 17.6 Å². The van der Waals surface area contributed by atoms with Crippen LogP contribution in [0.1, 0.15) is 51.7 Å². The Balaban J connectivity index is 2.46. The minimum absolute atomic E-state index is 0.410. The maximum atomic E-state index is 8.33. The van der Waals surface area contributed by atoms with Gasteiger partial charge >= 0.3 is 0 Å². The summed E-state index contributed by atoms with van der Waals surface area (Å²) in [6.07, 6.45) is 4.12. The summed E-state index contributed by atoms with van der Waals surface area (Å²) >= 11 is 0. The van der Waals surface area contributed by atoms with E-state index in [1.165, 1.54) is 0 Å². The quantitative estimate of drug-likeness (QED) is 0.636. The van der Waals surface area contributed by atoms with Crippen LogP contribution in [-0.2, 0) is 0 Å². The van der Waals surface area contributed by atoms with Crippen LogP contribution in [0.5, 0.6) is 5.75 Å². The van der Waals surface area contributed by atoms with Crippen molar-refractivity contribution in [2.24, 2.45) is 4.99 Å². The molecule has 0 spiro atoms. The van der Waals surface area contributed by atoms with Crippen LogP contribution in [0.4, 0.5) is 0 Å². The number of aryl methyl sites for hydroxylation is 1. The predicted octanol–water partition coefficient (Wildman–Crippen LogP) is 4.40. The molecule has 26 heavy (non-hydrogen) atoms. The molecule has 0 aromatic heterocycles. The standard InChI is InChI=1S/C21H30N4O/c1-7-16(8-2)24-19-12-14(4)23-21(25-19)20(15(5)22)18-10-9-17(26-6)11-13(18)3/h9-12,16,22,24-25H,7-8H2,1-6H3/b21-20+,22-15?. The highest BCUT2D eigenvalue weighted by Crippen LogP contribution is 2.27. The second kappa shape index (κ2) is 8.70. The van der Waals surface area contributed by atoms with Gasteiger partial charge in [0.1, 0.15) is 17.4 Å². The fourth-order valence-corrected chi connectivity index (χ4v) is 3.07. The number of nitrogens with zero attached hydrogens (tertiary/aromatic N) is 1. The van der Waals surface area contributed by atoms with E-state index in [0.717, 1.165) is 46.8 Å². The summed E-state index contributed by atoms with van der Waals surface area (Å²) in [6.45, 7) is 10.2. The molecule has 1 aromatic carbocycles. The zero-order valence-electron chi connectivity index (χ0n) is 16.7. The van der Waals surface area contributed by atoms with Crippen molar-refractivity contribution >= 4 is 17.0 Å². The second-order valence-corrected chi connectivity index (χ2v) is 6.62. The smallest absolute Gasteiger partial charge is 0.141 e. The maximum Gasteiger partial charge on any atom is 0.141 e. The normalized spacial score (nSPS) is 15.8. The zero-order valence-corrected chi connectivity index (χ0v) is 16.7. The third-order valence-electron chi connectivity index (χ3n) is 4.55. The number of hydrogen-bond donors (Lipinski definition) is 3. The summed E-state index contributed by atoms with van der Waals surface area (Å²) in [5.41, 5.74) is 4.23. The molecular formula is C21H30N4O. The zero-order chi connectivity index (χ0) is 19.3. The third-order valence-corrected chi connectivity index (χ3v) is 4.55. The van der Waals surface area contributed by atoms with Gasteiger partial charge in [0, 0.05) is 23.0 Å². The monoisotopic (exact) mass is 354 g/mol. The van der Waals surface area contributed by atoms with E-state index in [-0.39, 0.29) is 0 Å². The fourth-order valence-electron chi connectivity index (χ4n) is 3.07. The minimum atomic E-state index is 0.410. The number of allylic oxidation sites excluding steroid dienone is 2. The molecular weight excluding hydrogens is 324 g/mol. The molecule has 140 valence electrons. The van der Waals surface area contributed by atoms with Crippen LogP contribution in [0.15, 0.2) is 40.9 Å². The van der Waals surface area contributed by atoms with E-state index in [2.05, 4.69) is 29.5 Å². The summed E-state index contributed by atoms with van der Waals surface area (Å²) in [6, 6.07) is 6.31. The Kier molecular flexibility index (Phi) is 6.61. The van der Waals surface area contributed by atoms with Gasteiger partial charge in [-0.15, -0.1) is 0 Å². The second-order valence-electron chi connectivity index (χ2n) is 6.62. The maximum absolute atomic E-state index is 8.33. The lowest BCUT2D eigenvalue weighted by molar-refractivity contribution is 0.414. The molecule has 0 aliphatic carbocycles. The molecule has 0 atom stereocenters. The molecule has 1 aliphatic heterocycles. The van der Waals surface area contributed by atoms with Crippen molar-refractivity contribution in [3.05, 3.63) is 47.0 Å². The van der Waals surface area contributed by atoms with Crippen LogP contribution >= 0.6 is 0 Å². The highest BCUT2D eigenvalue weighted by atomic mass is 16.5. The van der Waals surface area contributed by atoms with Gasteiger partial charge in [-0.05, 0) is 62.9 Å². The molecule has 0 radical (unpaired) electrons. The molecule has 0 amide bonds. The van der Waals surface area contributed by atoms with Crippen LogP contribution in [0.25, 0.3) is 5.57 Å². The number of hydrogen-bond acceptors (Lipinski definition) is 5. The first-order valence-corrected chi connectivity index (χ1v) is 9.14. The van der Waals surface area contributed by atoms with Gasteiger partial charge in [0.05, 0.1) is 7.11 Å². The van der Waals surface area contributed by atoms with Gasteiger partial charge in [-0.3, -0.25) is 0 Å². The first kappa shape index (κ1) is 19.8. The third kappa shape index (κ3) is 4.54. The van der Waals surface area contributed by atoms with Gasteiger partial charge < -0.3 is 20.8 Å². The first-order valence-electron chi connectivity index (χ1n) is 9.14. The van der Waals surface area contributed by atoms with Crippen molar-refractivity contribution in [3.63, 3.8) is 0 Å². The summed E-state index contributed by atoms with van der Waals surface area (Å²) in [7, 11) is 1.66. The van der Waals surface area contributed by atoms with E-state index in [1.807, 2.05) is 38.1 Å². The largest absolute Gasteiger partial charge is 0.497 e. The molecule has 0 saturated carbocycles. The highest BCUT2D eigenvalue weighted by Gasteiger charge is 2.19. The fraction of sp³-hybridized carbons (Fsp3) is 0.429. The van der Waals surface area contributed by atoms with Crippen molar-refractivity contribution in [3.8, 4) is 5.75 Å². The van der Waals surface area contributed by atoms with Crippen molar-refractivity contribution in [2.75, 3.05) is 7.11 Å². The number of ether oxygens (including phenoxy) is 1. The molecule has 0 bridgehead atoms. The Morgan fingerprint density at radius 3 is 2.50 bits per heavy atom. The molecule has 0 saturated heterocycles. The average molecular weight is 354 g/mol. The lowest BCUT2D eigenvalue weighted by atomic mass is 9.96. The van der Waals surface area contributed by atoms with Gasteiger partial charge in [-0.25, -0.2) is 4.99 Å². The van der Waals surface area contributed by atoms with E-state index in [1.54, 1.807) is 14.0 Å². The molecule has 1 aromatic rings. The predicted molar refractivity (Wildman–Crippen MR) is 110 cm³/mol. The number of benzene rings is 1. The molecule has 3 N–H and O–H groups in total. The molecule has 0 fully saturated rings. The Morgan fingerprint density at radius 2 is 1.96 bits per heavy atom. The lowest BCUT2D eigenvalue weighted by Crippen LogP contribution is -2.36. The van der Waals surface area contributed by atoms with Crippen LogP contribution in [0.3, 0.4) is 0 Å². The van der Waals surface area contributed by atoms with Gasteiger partial charge in [0.2, 0.25) is 0 Å². The molecule has 5 nitrogen and oxygen atoms in total. The number of nitrogens with one attached hydrogen (secondary N) is 3. The van der Waals surface area contributed by atoms with Gasteiger partial charge in [-0.1, -0.05) is 19.9 Å². The van der Waals surface area contributed by atoms with Gasteiger partial charge in [0.25, 0.3) is 0 Å². The molecule has 5 heteroatoms. The number of rotatable bonds is 7. The summed E-state index contributed by atoms with van der Waals surface area (Å²) in [5, 5.41) is 15.3. The van der Waals surface area contributed by atoms with Crippen LogP contribution < -0.4 is 15.4 Å². The summed E-state index contributed by atoms with van der Waals surface area (Å²) in [5.74, 6) is 2.45. The minimum Gasteiger partial charge on any atom is -0.497 e. The Hall–Kier alpha value is -2.56. The summed E-state index contributed by atoms with van der Waals surface area (Å²) in [4.78, 5) is 4.67. The Bertz CT molecular complexity index is 770. The van der Waals surface area contributed by atoms with Gasteiger partial charge in [-0.2, -0.15) is 0 Å². The van der Waals surface area contributed by atoms with E-state index in [9.17, 15) is 0 Å². The van der Waals surface area contributed by atoms with E-state index < -0.39 is 0 Å². The van der Waals surface area contributed by atoms with Crippen molar-refractivity contribution in [1.82, 2.24) is 10.6 Å². The lowest BCUT2D eigenvalue weighted by Gasteiger charge is -2.25. The first-order chi connectivity index (χ1) is 12.4. The van der Waals surface area contributed by atoms with E-state index >= 15 is 0 Å². The Morgan fingerprint density at radius 1 is 1.27 bits per heavy atom. The molecule has 1 aliphatic rings. The number of aliphatic imine (C=N–C) groups is 1. The van der Waals surface area contributed by atoms with Crippen LogP contribution in [-0.4, -0.2) is 24.6 Å². The van der Waals surface area contributed by atoms with Crippen LogP contribution in [0.2, 0.25) is 0 Å². The van der Waals surface area contributed by atoms with Crippen LogP contribution in [0, 0.1) is 12.3 Å². The topological polar surface area (TPSA) is 69.5 Å². The van der Waals surface area contributed by atoms with Gasteiger partial charge in [0.15, 0.2) is 0 Å². The SMILES string of the molecule is CCC(CC)NC1=CC(C)=N/C(=C(/C(C)=N)c2ccc(OC)cc2C)N1. The summed E-state index contributed by atoms with van der Waals surface area (Å²) < 4.78 is 5.31. The van der Waals surface area contributed by atoms with E-state index in [4.69, 9.17) is 10.1 Å². The molecule has 0 unspecified atom stereocenters. The number of methoxy groups -OCH3 is 1. The van der Waals surface area contributed by atoms with Crippen molar-refractivity contribution in [2.45, 2.75) is 53.5 Å². The molecule has 2 rings (SSSR count). The average Bonchev–Trinajstić information content (AvgIpc) is 2.60. The highest BCUT2D eigenvalue weighted by molar-refractivity contribution is 6.22.